The number of furan rings is 1. The summed E-state index contributed by atoms with van der Waals surface area (Å²) in [5, 5.41) is 10.9. The van der Waals surface area contributed by atoms with E-state index in [0.29, 0.717) is 17.2 Å². The Morgan fingerprint density at radius 2 is 2.11 bits per heavy atom. The molecule has 0 unspecified atom stereocenters. The number of nitrogens with zero attached hydrogens (tertiary/aromatic N) is 2. The summed E-state index contributed by atoms with van der Waals surface area (Å²) in [6.45, 7) is 1.94. The molecular weight excluding hydrogens is 368 g/mol. The van der Waals surface area contributed by atoms with Crippen molar-refractivity contribution >= 4 is 29.1 Å². The average Bonchev–Trinajstić information content (AvgIpc) is 3.35. The van der Waals surface area contributed by atoms with Gasteiger partial charge in [0.1, 0.15) is 11.8 Å². The highest BCUT2D eigenvalue weighted by atomic mass is 35.5. The minimum atomic E-state index is -0.451. The zero-order chi connectivity index (χ0) is 19.4. The van der Waals surface area contributed by atoms with Crippen LogP contribution in [0.25, 0.3) is 0 Å². The largest absolute Gasteiger partial charge is 0.467 e. The van der Waals surface area contributed by atoms with E-state index < -0.39 is 6.04 Å². The van der Waals surface area contributed by atoms with Gasteiger partial charge >= 0.3 is 5.91 Å². The predicted octanol–water partition coefficient (Wildman–Crippen LogP) is 1.31. The Labute approximate surface area is 162 Å². The van der Waals surface area contributed by atoms with Crippen molar-refractivity contribution in [2.45, 2.75) is 25.4 Å². The number of carbonyl (C=O) groups excluding carboxylic acids is 2. The molecule has 8 heteroatoms. The van der Waals surface area contributed by atoms with Gasteiger partial charge in [-0.3, -0.25) is 9.59 Å². The highest BCUT2D eigenvalue weighted by Gasteiger charge is 2.37. The fourth-order valence-electron chi connectivity index (χ4n) is 2.93. The van der Waals surface area contributed by atoms with Crippen LogP contribution in [0.4, 0.5) is 0 Å². The number of likely N-dealkylation sites (N-methyl/N-ethyl adjacent to an activating group) is 1. The van der Waals surface area contributed by atoms with E-state index >= 15 is 0 Å². The first-order chi connectivity index (χ1) is 13.0. The van der Waals surface area contributed by atoms with Crippen molar-refractivity contribution in [3.63, 3.8) is 0 Å². The van der Waals surface area contributed by atoms with Gasteiger partial charge < -0.3 is 15.1 Å². The van der Waals surface area contributed by atoms with Crippen LogP contribution >= 0.6 is 11.6 Å². The van der Waals surface area contributed by atoms with E-state index in [1.54, 1.807) is 43.8 Å². The molecule has 1 aliphatic rings. The van der Waals surface area contributed by atoms with Gasteiger partial charge in [-0.1, -0.05) is 23.7 Å². The van der Waals surface area contributed by atoms with Crippen LogP contribution in [0.5, 0.6) is 0 Å². The maximum absolute atomic E-state index is 13.0. The molecule has 7 nitrogen and oxygen atoms in total. The molecule has 27 heavy (non-hydrogen) atoms. The number of hydrogen-bond acceptors (Lipinski definition) is 4. The Hall–Kier alpha value is -2.64. The number of benzene rings is 1. The summed E-state index contributed by atoms with van der Waals surface area (Å²) in [6, 6.07) is 10.2. The van der Waals surface area contributed by atoms with Gasteiger partial charge in [0.25, 0.3) is 5.91 Å². The zero-order valence-corrected chi connectivity index (χ0v) is 15.9. The molecule has 0 aliphatic carbocycles. The maximum Gasteiger partial charge on any atom is 0.301 e. The van der Waals surface area contributed by atoms with E-state index in [1.807, 2.05) is 18.2 Å². The lowest BCUT2D eigenvalue weighted by Crippen LogP contribution is -2.93. The minimum absolute atomic E-state index is 0.135. The minimum Gasteiger partial charge on any atom is -0.467 e. The summed E-state index contributed by atoms with van der Waals surface area (Å²) in [7, 11) is 1.57. The predicted molar refractivity (Wildman–Crippen MR) is 101 cm³/mol. The van der Waals surface area contributed by atoms with Crippen molar-refractivity contribution in [2.24, 2.45) is 5.10 Å². The van der Waals surface area contributed by atoms with Gasteiger partial charge in [-0.05, 0) is 36.8 Å². The summed E-state index contributed by atoms with van der Waals surface area (Å²) in [5.74, 6) is 0.364. The van der Waals surface area contributed by atoms with Crippen LogP contribution in [0.1, 0.15) is 30.7 Å². The van der Waals surface area contributed by atoms with Crippen LogP contribution in [0.2, 0.25) is 5.02 Å². The van der Waals surface area contributed by atoms with Gasteiger partial charge in [0.05, 0.1) is 12.0 Å². The number of hydrogen-bond donors (Lipinski definition) is 2. The zero-order valence-electron chi connectivity index (χ0n) is 15.2. The summed E-state index contributed by atoms with van der Waals surface area (Å²) < 4.78 is 5.53. The molecule has 2 heterocycles. The van der Waals surface area contributed by atoms with Crippen LogP contribution in [-0.4, -0.2) is 42.2 Å². The molecule has 0 spiro atoms. The lowest BCUT2D eigenvalue weighted by atomic mass is 10.0. The molecule has 2 amide bonds. The Morgan fingerprint density at radius 3 is 2.74 bits per heavy atom. The number of carbonyl (C=O) groups is 2. The van der Waals surface area contributed by atoms with Crippen molar-refractivity contribution < 1.29 is 19.3 Å². The topological polar surface area (TPSA) is 91.5 Å². The van der Waals surface area contributed by atoms with E-state index in [4.69, 9.17) is 16.0 Å². The first-order valence-electron chi connectivity index (χ1n) is 8.73. The molecule has 142 valence electrons. The molecule has 2 atom stereocenters. The first-order valence-corrected chi connectivity index (χ1v) is 9.11. The molecule has 1 aromatic heterocycles. The second-order valence-electron chi connectivity index (χ2n) is 6.37. The number of halogens is 1. The summed E-state index contributed by atoms with van der Waals surface area (Å²) in [6.07, 6.45) is 2.13. The second-order valence-corrected chi connectivity index (χ2v) is 6.81. The third-order valence-corrected chi connectivity index (χ3v) is 4.76. The second kappa shape index (κ2) is 8.37. The molecule has 2 aromatic rings. The van der Waals surface area contributed by atoms with Crippen molar-refractivity contribution in [3.05, 3.63) is 59.0 Å². The Kier molecular flexibility index (Phi) is 5.93. The Balaban J connectivity index is 1.82. The number of hydrazone groups is 1. The van der Waals surface area contributed by atoms with Gasteiger partial charge in [0, 0.05) is 18.5 Å². The monoisotopic (exact) mass is 389 g/mol. The number of rotatable bonds is 6. The van der Waals surface area contributed by atoms with Crippen molar-refractivity contribution in [1.82, 2.24) is 10.3 Å². The lowest BCUT2D eigenvalue weighted by molar-refractivity contribution is -0.663. The molecule has 1 aromatic carbocycles. The average molecular weight is 390 g/mol. The summed E-state index contributed by atoms with van der Waals surface area (Å²) >= 11 is 5.96. The molecule has 0 radical (unpaired) electrons. The van der Waals surface area contributed by atoms with Gasteiger partial charge in [-0.15, -0.1) is 0 Å². The van der Waals surface area contributed by atoms with Crippen LogP contribution in [0.15, 0.2) is 52.2 Å². The molecule has 0 bridgehead atoms. The Bertz CT molecular complexity index is 833. The van der Waals surface area contributed by atoms with Crippen molar-refractivity contribution in [3.8, 4) is 0 Å². The fourth-order valence-corrected chi connectivity index (χ4v) is 3.05. The van der Waals surface area contributed by atoms with Crippen molar-refractivity contribution in [2.75, 3.05) is 13.6 Å². The Morgan fingerprint density at radius 1 is 1.37 bits per heavy atom. The smallest absolute Gasteiger partial charge is 0.301 e. The fraction of sp³-hybridized carbons (Fsp3) is 0.316. The maximum atomic E-state index is 13.0. The van der Waals surface area contributed by atoms with E-state index in [2.05, 4.69) is 10.4 Å². The van der Waals surface area contributed by atoms with Gasteiger partial charge in [-0.25, -0.2) is 5.01 Å². The number of nitrogens with one attached hydrogen (secondary N) is 1. The number of nitrogens with two attached hydrogens (primary N) is 1. The van der Waals surface area contributed by atoms with Gasteiger partial charge in [0.2, 0.25) is 0 Å². The van der Waals surface area contributed by atoms with Gasteiger partial charge in [-0.2, -0.15) is 5.10 Å². The summed E-state index contributed by atoms with van der Waals surface area (Å²) in [4.78, 5) is 24.4. The number of amides is 2. The van der Waals surface area contributed by atoms with E-state index in [1.165, 1.54) is 5.01 Å². The third kappa shape index (κ3) is 4.37. The van der Waals surface area contributed by atoms with E-state index in [9.17, 15) is 9.59 Å². The lowest BCUT2D eigenvalue weighted by Gasteiger charge is -2.22. The molecule has 1 aliphatic heterocycles. The highest BCUT2D eigenvalue weighted by Crippen LogP contribution is 2.33. The summed E-state index contributed by atoms with van der Waals surface area (Å²) in [5.41, 5.74) is 1.70. The molecule has 0 saturated carbocycles. The van der Waals surface area contributed by atoms with Crippen LogP contribution in [0, 0.1) is 0 Å². The van der Waals surface area contributed by atoms with Crippen LogP contribution in [-0.2, 0) is 9.59 Å². The van der Waals surface area contributed by atoms with Crippen molar-refractivity contribution in [1.29, 1.82) is 0 Å². The SMILES string of the molecule is CNC(=O)C[NH2+][C@@H](C)C(=O)N1N=C(c2ccc(Cl)cc2)C[C@H]1c1ccco1. The van der Waals surface area contributed by atoms with Crippen LogP contribution < -0.4 is 10.6 Å². The highest BCUT2D eigenvalue weighted by molar-refractivity contribution is 6.30. The first kappa shape index (κ1) is 19.1. The molecule has 3 rings (SSSR count). The van der Waals surface area contributed by atoms with Gasteiger partial charge in [0.15, 0.2) is 12.6 Å². The van der Waals surface area contributed by atoms with Crippen LogP contribution in [0.3, 0.4) is 0 Å². The number of quaternary nitrogens is 1. The normalized spacial score (nSPS) is 17.5. The molecule has 3 N–H and O–H groups in total. The van der Waals surface area contributed by atoms with E-state index in [0.717, 1.165) is 11.3 Å². The molecular formula is C19H22ClN4O3+. The quantitative estimate of drug-likeness (QED) is 0.780. The third-order valence-electron chi connectivity index (χ3n) is 4.51. The molecule has 0 saturated heterocycles. The standard InChI is InChI=1S/C19H21ClN4O3/c1-12(22-11-18(25)21-2)19(26)24-16(17-4-3-9-27-17)10-15(23-24)13-5-7-14(20)8-6-13/h3-9,12,16,22H,10-11H2,1-2H3,(H,21,25)/p+1/t12-,16-/m0/s1. The molecule has 0 fully saturated rings. The van der Waals surface area contributed by atoms with E-state index in [-0.39, 0.29) is 24.4 Å².